The molecule has 0 fully saturated rings. The van der Waals surface area contributed by atoms with Crippen LogP contribution in [-0.4, -0.2) is 26.8 Å². The van der Waals surface area contributed by atoms with Gasteiger partial charge in [0, 0.05) is 24.8 Å². The average molecular weight is 269 g/mol. The fraction of sp³-hybridized carbons (Fsp3) is 0.400. The number of aryl methyl sites for hydroxylation is 1. The molecule has 1 N–H and O–H groups in total. The first-order valence-electron chi connectivity index (χ1n) is 7.04. The Morgan fingerprint density at radius 3 is 3.05 bits per heavy atom. The van der Waals surface area contributed by atoms with E-state index in [1.54, 1.807) is 4.68 Å². The standard InChI is InChI=1S/C15H19N5/c1-20-15(17-18-19-20)13-8-5-9-14(10-13)16-11-12-6-3-2-4-7-12/h2-3,5,8-10,12,16H,4,6-7,11H2,1H3. The fourth-order valence-corrected chi connectivity index (χ4v) is 2.55. The third-order valence-electron chi connectivity index (χ3n) is 3.71. The maximum atomic E-state index is 4.04. The van der Waals surface area contributed by atoms with Gasteiger partial charge in [-0.1, -0.05) is 24.3 Å². The van der Waals surface area contributed by atoms with Gasteiger partial charge in [0.25, 0.3) is 0 Å². The van der Waals surface area contributed by atoms with Crippen molar-refractivity contribution in [3.05, 3.63) is 36.4 Å². The summed E-state index contributed by atoms with van der Waals surface area (Å²) in [6.45, 7) is 1.02. The van der Waals surface area contributed by atoms with Crippen LogP contribution in [0.3, 0.4) is 0 Å². The van der Waals surface area contributed by atoms with E-state index in [9.17, 15) is 0 Å². The first kappa shape index (κ1) is 12.8. The molecule has 1 aromatic heterocycles. The van der Waals surface area contributed by atoms with Crippen molar-refractivity contribution >= 4 is 5.69 Å². The molecule has 0 saturated heterocycles. The minimum Gasteiger partial charge on any atom is -0.385 e. The van der Waals surface area contributed by atoms with E-state index < -0.39 is 0 Å². The smallest absolute Gasteiger partial charge is 0.181 e. The van der Waals surface area contributed by atoms with E-state index in [0.717, 1.165) is 29.5 Å². The molecule has 0 bridgehead atoms. The van der Waals surface area contributed by atoms with Crippen LogP contribution < -0.4 is 5.32 Å². The summed E-state index contributed by atoms with van der Waals surface area (Å²) in [5.41, 5.74) is 2.16. The molecular formula is C15H19N5. The number of aromatic nitrogens is 4. The summed E-state index contributed by atoms with van der Waals surface area (Å²) in [5, 5.41) is 15.1. The number of rotatable bonds is 4. The molecule has 1 aliphatic rings. The first-order valence-corrected chi connectivity index (χ1v) is 7.04. The number of tetrazole rings is 1. The summed E-state index contributed by atoms with van der Waals surface area (Å²) in [4.78, 5) is 0. The molecule has 1 heterocycles. The topological polar surface area (TPSA) is 55.6 Å². The molecule has 0 spiro atoms. The zero-order chi connectivity index (χ0) is 13.8. The van der Waals surface area contributed by atoms with Gasteiger partial charge in [-0.05, 0) is 47.7 Å². The van der Waals surface area contributed by atoms with Gasteiger partial charge in [0.2, 0.25) is 0 Å². The number of hydrogen-bond acceptors (Lipinski definition) is 4. The van der Waals surface area contributed by atoms with E-state index in [1.165, 1.54) is 19.3 Å². The Balaban J connectivity index is 1.68. The molecule has 3 rings (SSSR count). The number of hydrogen-bond donors (Lipinski definition) is 1. The molecular weight excluding hydrogens is 250 g/mol. The summed E-state index contributed by atoms with van der Waals surface area (Å²) in [6.07, 6.45) is 8.23. The SMILES string of the molecule is Cn1nnnc1-c1cccc(NCC2CC=CCC2)c1. The van der Waals surface area contributed by atoms with Gasteiger partial charge >= 0.3 is 0 Å². The molecule has 1 unspecified atom stereocenters. The van der Waals surface area contributed by atoms with Crippen molar-refractivity contribution in [3.8, 4) is 11.4 Å². The Morgan fingerprint density at radius 1 is 1.35 bits per heavy atom. The highest BCUT2D eigenvalue weighted by atomic mass is 15.5. The Bertz CT molecular complexity index is 602. The normalized spacial score (nSPS) is 18.1. The molecule has 0 aliphatic heterocycles. The quantitative estimate of drug-likeness (QED) is 0.867. The summed E-state index contributed by atoms with van der Waals surface area (Å²) in [5.74, 6) is 1.52. The van der Waals surface area contributed by atoms with Crippen LogP contribution in [0.5, 0.6) is 0 Å². The summed E-state index contributed by atoms with van der Waals surface area (Å²) < 4.78 is 1.69. The Morgan fingerprint density at radius 2 is 2.30 bits per heavy atom. The number of anilines is 1. The monoisotopic (exact) mass is 269 g/mol. The van der Waals surface area contributed by atoms with Crippen molar-refractivity contribution in [2.45, 2.75) is 19.3 Å². The second-order valence-corrected chi connectivity index (χ2v) is 5.24. The molecule has 5 heteroatoms. The zero-order valence-electron chi connectivity index (χ0n) is 11.7. The van der Waals surface area contributed by atoms with Crippen LogP contribution in [0.2, 0.25) is 0 Å². The van der Waals surface area contributed by atoms with Gasteiger partial charge < -0.3 is 5.32 Å². The number of benzene rings is 1. The van der Waals surface area contributed by atoms with Crippen LogP contribution in [0.15, 0.2) is 36.4 Å². The average Bonchev–Trinajstić information content (AvgIpc) is 2.93. The van der Waals surface area contributed by atoms with Crippen LogP contribution in [-0.2, 0) is 7.05 Å². The highest BCUT2D eigenvalue weighted by Gasteiger charge is 2.10. The van der Waals surface area contributed by atoms with E-state index in [1.807, 2.05) is 19.2 Å². The highest BCUT2D eigenvalue weighted by Crippen LogP contribution is 2.22. The van der Waals surface area contributed by atoms with Crippen molar-refractivity contribution in [1.29, 1.82) is 0 Å². The molecule has 104 valence electrons. The zero-order valence-corrected chi connectivity index (χ0v) is 11.7. The predicted octanol–water partition coefficient (Wildman–Crippen LogP) is 2.65. The third kappa shape index (κ3) is 2.87. The Labute approximate surface area is 118 Å². The van der Waals surface area contributed by atoms with Gasteiger partial charge in [-0.25, -0.2) is 4.68 Å². The molecule has 0 saturated carbocycles. The van der Waals surface area contributed by atoms with Crippen LogP contribution >= 0.6 is 0 Å². The molecule has 1 aromatic carbocycles. The predicted molar refractivity (Wildman–Crippen MR) is 79.2 cm³/mol. The lowest BCUT2D eigenvalue weighted by Crippen LogP contribution is -2.15. The maximum Gasteiger partial charge on any atom is 0.181 e. The minimum atomic E-state index is 0.736. The second-order valence-electron chi connectivity index (χ2n) is 5.24. The van der Waals surface area contributed by atoms with Gasteiger partial charge in [-0.15, -0.1) is 5.10 Å². The molecule has 20 heavy (non-hydrogen) atoms. The molecule has 5 nitrogen and oxygen atoms in total. The lowest BCUT2D eigenvalue weighted by Gasteiger charge is -2.19. The fourth-order valence-electron chi connectivity index (χ4n) is 2.55. The summed E-state index contributed by atoms with van der Waals surface area (Å²) >= 11 is 0. The van der Waals surface area contributed by atoms with Gasteiger partial charge in [0.05, 0.1) is 0 Å². The maximum absolute atomic E-state index is 4.04. The lowest BCUT2D eigenvalue weighted by molar-refractivity contribution is 0.504. The first-order chi connectivity index (χ1) is 9.83. The second kappa shape index (κ2) is 5.86. The van der Waals surface area contributed by atoms with Gasteiger partial charge in [-0.2, -0.15) is 0 Å². The van der Waals surface area contributed by atoms with Crippen LogP contribution in [0.1, 0.15) is 19.3 Å². The third-order valence-corrected chi connectivity index (χ3v) is 3.71. The van der Waals surface area contributed by atoms with Crippen molar-refractivity contribution < 1.29 is 0 Å². The minimum absolute atomic E-state index is 0.736. The molecule has 1 aliphatic carbocycles. The van der Waals surface area contributed by atoms with Crippen molar-refractivity contribution in [3.63, 3.8) is 0 Å². The van der Waals surface area contributed by atoms with Crippen LogP contribution in [0, 0.1) is 5.92 Å². The van der Waals surface area contributed by atoms with Crippen molar-refractivity contribution in [2.75, 3.05) is 11.9 Å². The van der Waals surface area contributed by atoms with Crippen molar-refractivity contribution in [2.24, 2.45) is 13.0 Å². The van der Waals surface area contributed by atoms with Crippen LogP contribution in [0.4, 0.5) is 5.69 Å². The van der Waals surface area contributed by atoms with Gasteiger partial charge in [0.1, 0.15) is 0 Å². The summed E-state index contributed by atoms with van der Waals surface area (Å²) in [7, 11) is 1.85. The lowest BCUT2D eigenvalue weighted by atomic mass is 9.94. The van der Waals surface area contributed by atoms with E-state index in [2.05, 4.69) is 45.1 Å². The largest absolute Gasteiger partial charge is 0.385 e. The van der Waals surface area contributed by atoms with Gasteiger partial charge in [0.15, 0.2) is 5.82 Å². The molecule has 2 aromatic rings. The Kier molecular flexibility index (Phi) is 3.76. The van der Waals surface area contributed by atoms with E-state index in [4.69, 9.17) is 0 Å². The Hall–Kier alpha value is -2.17. The number of nitrogens with zero attached hydrogens (tertiary/aromatic N) is 4. The van der Waals surface area contributed by atoms with E-state index >= 15 is 0 Å². The van der Waals surface area contributed by atoms with Crippen molar-refractivity contribution in [1.82, 2.24) is 20.2 Å². The summed E-state index contributed by atoms with van der Waals surface area (Å²) in [6, 6.07) is 8.25. The molecule has 1 atom stereocenters. The highest BCUT2D eigenvalue weighted by molar-refractivity contribution is 5.62. The van der Waals surface area contributed by atoms with Crippen LogP contribution in [0.25, 0.3) is 11.4 Å². The number of allylic oxidation sites excluding steroid dienone is 2. The van der Waals surface area contributed by atoms with Gasteiger partial charge in [-0.3, -0.25) is 0 Å². The molecule has 0 amide bonds. The molecule has 0 radical (unpaired) electrons. The van der Waals surface area contributed by atoms with E-state index in [0.29, 0.717) is 0 Å². The van der Waals surface area contributed by atoms with E-state index in [-0.39, 0.29) is 0 Å². The number of nitrogens with one attached hydrogen (secondary N) is 1.